The Morgan fingerprint density at radius 1 is 1.14 bits per heavy atom. The van der Waals surface area contributed by atoms with Gasteiger partial charge in [0, 0.05) is 26.2 Å². The maximum Gasteiger partial charge on any atom is 0.239 e. The summed E-state index contributed by atoms with van der Waals surface area (Å²) in [6, 6.07) is 9.79. The van der Waals surface area contributed by atoms with Crippen molar-refractivity contribution in [3.63, 3.8) is 0 Å². The van der Waals surface area contributed by atoms with E-state index >= 15 is 0 Å². The molecule has 0 atom stereocenters. The van der Waals surface area contributed by atoms with Crippen LogP contribution in [0.25, 0.3) is 0 Å². The Balaban J connectivity index is 1.63. The summed E-state index contributed by atoms with van der Waals surface area (Å²) < 4.78 is 5.34. The molecule has 6 heteroatoms. The number of aliphatic imine (C=N–C) groups is 1. The fourth-order valence-corrected chi connectivity index (χ4v) is 3.31. The number of benzene rings is 1. The van der Waals surface area contributed by atoms with Gasteiger partial charge in [-0.25, -0.2) is 4.99 Å². The molecule has 0 radical (unpaired) electrons. The van der Waals surface area contributed by atoms with E-state index in [9.17, 15) is 4.79 Å². The smallest absolute Gasteiger partial charge is 0.239 e. The van der Waals surface area contributed by atoms with Gasteiger partial charge >= 0.3 is 0 Å². The minimum absolute atomic E-state index is 0.156. The van der Waals surface area contributed by atoms with Crippen LogP contribution in [0.2, 0.25) is 0 Å². The van der Waals surface area contributed by atoms with Crippen LogP contribution in [0.15, 0.2) is 35.3 Å². The first-order valence-electron chi connectivity index (χ1n) is 7.20. The molecule has 1 aromatic carbocycles. The second-order valence-corrected chi connectivity index (χ2v) is 5.96. The van der Waals surface area contributed by atoms with E-state index in [0.717, 1.165) is 43.7 Å². The number of morpholine rings is 1. The minimum Gasteiger partial charge on any atom is -0.379 e. The lowest BCUT2D eigenvalue weighted by Crippen LogP contribution is -2.42. The molecule has 0 aromatic heterocycles. The lowest BCUT2D eigenvalue weighted by atomic mass is 10.3. The average molecular weight is 305 g/mol. The van der Waals surface area contributed by atoms with Crippen molar-refractivity contribution in [3.05, 3.63) is 30.3 Å². The Morgan fingerprint density at radius 2 is 1.90 bits per heavy atom. The van der Waals surface area contributed by atoms with Crippen LogP contribution in [-0.2, 0) is 9.53 Å². The molecule has 21 heavy (non-hydrogen) atoms. The summed E-state index contributed by atoms with van der Waals surface area (Å²) in [4.78, 5) is 20.8. The second-order valence-electron chi connectivity index (χ2n) is 5.02. The van der Waals surface area contributed by atoms with Gasteiger partial charge in [-0.15, -0.1) is 0 Å². The van der Waals surface area contributed by atoms with Crippen LogP contribution in [0.4, 0.5) is 5.69 Å². The van der Waals surface area contributed by atoms with Crippen molar-refractivity contribution < 1.29 is 9.53 Å². The van der Waals surface area contributed by atoms with E-state index in [4.69, 9.17) is 4.74 Å². The highest BCUT2D eigenvalue weighted by Crippen LogP contribution is 2.23. The standard InChI is InChI=1S/C15H19N3O2S/c19-14-12-21-15(16-13-4-2-1-3-5-13)18(14)7-6-17-8-10-20-11-9-17/h1-5H,6-12H2/b16-15-. The van der Waals surface area contributed by atoms with Crippen molar-refractivity contribution >= 4 is 28.5 Å². The SMILES string of the molecule is O=C1CS/C(=N\c2ccccc2)N1CCN1CCOCC1. The zero-order chi connectivity index (χ0) is 14.5. The zero-order valence-corrected chi connectivity index (χ0v) is 12.7. The van der Waals surface area contributed by atoms with Gasteiger partial charge in [0.2, 0.25) is 5.91 Å². The highest BCUT2D eigenvalue weighted by molar-refractivity contribution is 8.15. The number of amides is 1. The third-order valence-electron chi connectivity index (χ3n) is 3.58. The highest BCUT2D eigenvalue weighted by atomic mass is 32.2. The quantitative estimate of drug-likeness (QED) is 0.847. The molecule has 2 aliphatic rings. The van der Waals surface area contributed by atoms with Gasteiger partial charge in [-0.3, -0.25) is 14.6 Å². The van der Waals surface area contributed by atoms with Crippen LogP contribution in [0.1, 0.15) is 0 Å². The van der Waals surface area contributed by atoms with Crippen molar-refractivity contribution in [1.82, 2.24) is 9.80 Å². The van der Waals surface area contributed by atoms with Crippen LogP contribution in [-0.4, -0.2) is 66.0 Å². The van der Waals surface area contributed by atoms with E-state index in [1.807, 2.05) is 35.2 Å². The molecule has 112 valence electrons. The molecule has 5 nitrogen and oxygen atoms in total. The van der Waals surface area contributed by atoms with E-state index < -0.39 is 0 Å². The summed E-state index contributed by atoms with van der Waals surface area (Å²) in [7, 11) is 0. The summed E-state index contributed by atoms with van der Waals surface area (Å²) >= 11 is 1.52. The fraction of sp³-hybridized carbons (Fsp3) is 0.467. The monoisotopic (exact) mass is 305 g/mol. The summed E-state index contributed by atoms with van der Waals surface area (Å²) in [6.07, 6.45) is 0. The zero-order valence-electron chi connectivity index (χ0n) is 11.9. The molecule has 0 N–H and O–H groups in total. The Hall–Kier alpha value is -1.37. The third-order valence-corrected chi connectivity index (χ3v) is 4.54. The van der Waals surface area contributed by atoms with E-state index in [2.05, 4.69) is 9.89 Å². The number of rotatable bonds is 4. The maximum atomic E-state index is 12.0. The first kappa shape index (κ1) is 14.6. The van der Waals surface area contributed by atoms with Gasteiger partial charge in [0.05, 0.1) is 24.7 Å². The molecule has 1 amide bonds. The summed E-state index contributed by atoms with van der Waals surface area (Å²) in [6.45, 7) is 5.04. The number of hydrogen-bond acceptors (Lipinski definition) is 5. The van der Waals surface area contributed by atoms with Gasteiger partial charge in [0.15, 0.2) is 5.17 Å². The molecule has 2 saturated heterocycles. The molecule has 2 fully saturated rings. The Morgan fingerprint density at radius 3 is 2.67 bits per heavy atom. The molecule has 0 aliphatic carbocycles. The number of para-hydroxylation sites is 1. The van der Waals surface area contributed by atoms with Gasteiger partial charge in [-0.1, -0.05) is 30.0 Å². The minimum atomic E-state index is 0.156. The number of carbonyl (C=O) groups excluding carboxylic acids is 1. The van der Waals surface area contributed by atoms with Crippen molar-refractivity contribution in [2.45, 2.75) is 0 Å². The number of thioether (sulfide) groups is 1. The van der Waals surface area contributed by atoms with Gasteiger partial charge in [-0.2, -0.15) is 0 Å². The third kappa shape index (κ3) is 3.84. The van der Waals surface area contributed by atoms with Crippen LogP contribution in [0.5, 0.6) is 0 Å². The van der Waals surface area contributed by atoms with Crippen LogP contribution >= 0.6 is 11.8 Å². The molecule has 0 bridgehead atoms. The predicted octanol–water partition coefficient (Wildman–Crippen LogP) is 1.58. The molecular weight excluding hydrogens is 286 g/mol. The predicted molar refractivity (Wildman–Crippen MR) is 85.0 cm³/mol. The van der Waals surface area contributed by atoms with Gasteiger partial charge in [0.1, 0.15) is 0 Å². The Kier molecular flexibility index (Phi) is 4.90. The number of nitrogens with zero attached hydrogens (tertiary/aromatic N) is 3. The molecule has 0 unspecified atom stereocenters. The number of amidine groups is 1. The highest BCUT2D eigenvalue weighted by Gasteiger charge is 2.28. The number of hydrogen-bond donors (Lipinski definition) is 0. The molecule has 1 aromatic rings. The van der Waals surface area contributed by atoms with E-state index in [0.29, 0.717) is 12.3 Å². The molecule has 0 spiro atoms. The van der Waals surface area contributed by atoms with Crippen molar-refractivity contribution in [1.29, 1.82) is 0 Å². The van der Waals surface area contributed by atoms with E-state index in [1.165, 1.54) is 11.8 Å². The van der Waals surface area contributed by atoms with Crippen molar-refractivity contribution in [3.8, 4) is 0 Å². The lowest BCUT2D eigenvalue weighted by Gasteiger charge is -2.28. The van der Waals surface area contributed by atoms with Crippen molar-refractivity contribution in [2.24, 2.45) is 4.99 Å². The molecule has 3 rings (SSSR count). The summed E-state index contributed by atoms with van der Waals surface area (Å²) in [5, 5.41) is 0.819. The van der Waals surface area contributed by atoms with Crippen LogP contribution in [0.3, 0.4) is 0 Å². The van der Waals surface area contributed by atoms with Crippen molar-refractivity contribution in [2.75, 3.05) is 45.1 Å². The second kappa shape index (κ2) is 7.06. The molecule has 2 aliphatic heterocycles. The number of carbonyl (C=O) groups is 1. The molecule has 2 heterocycles. The first-order valence-corrected chi connectivity index (χ1v) is 8.18. The van der Waals surface area contributed by atoms with Gasteiger partial charge in [0.25, 0.3) is 0 Å². The summed E-state index contributed by atoms with van der Waals surface area (Å²) in [5.74, 6) is 0.650. The van der Waals surface area contributed by atoms with Gasteiger partial charge in [-0.05, 0) is 12.1 Å². The van der Waals surface area contributed by atoms with Gasteiger partial charge < -0.3 is 4.74 Å². The first-order chi connectivity index (χ1) is 10.3. The summed E-state index contributed by atoms with van der Waals surface area (Å²) in [5.41, 5.74) is 0.895. The van der Waals surface area contributed by atoms with E-state index in [-0.39, 0.29) is 5.91 Å². The number of ether oxygens (including phenoxy) is 1. The topological polar surface area (TPSA) is 45.1 Å². The normalized spacial score (nSPS) is 22.2. The lowest BCUT2D eigenvalue weighted by molar-refractivity contribution is -0.124. The average Bonchev–Trinajstić information content (AvgIpc) is 2.87. The van der Waals surface area contributed by atoms with E-state index in [1.54, 1.807) is 0 Å². The Labute approximate surface area is 129 Å². The van der Waals surface area contributed by atoms with Crippen LogP contribution < -0.4 is 0 Å². The molecular formula is C15H19N3O2S. The fourth-order valence-electron chi connectivity index (χ4n) is 2.38. The van der Waals surface area contributed by atoms with Crippen LogP contribution in [0, 0.1) is 0 Å². The largest absolute Gasteiger partial charge is 0.379 e. The maximum absolute atomic E-state index is 12.0. The Bertz CT molecular complexity index is 515. The molecule has 0 saturated carbocycles.